The molecule has 1 aliphatic rings. The summed E-state index contributed by atoms with van der Waals surface area (Å²) < 4.78 is 0. The second kappa shape index (κ2) is 5.29. The lowest BCUT2D eigenvalue weighted by Gasteiger charge is -2.31. The minimum absolute atomic E-state index is 0.118. The second-order valence-corrected chi connectivity index (χ2v) is 4.59. The van der Waals surface area contributed by atoms with Crippen molar-refractivity contribution < 1.29 is 4.79 Å². The molecule has 0 unspecified atom stereocenters. The fourth-order valence-electron chi connectivity index (χ4n) is 2.05. The number of hydrogen-bond acceptors (Lipinski definition) is 4. The van der Waals surface area contributed by atoms with E-state index in [1.807, 2.05) is 12.1 Å². The van der Waals surface area contributed by atoms with Gasteiger partial charge in [0.15, 0.2) is 5.78 Å². The van der Waals surface area contributed by atoms with E-state index in [-0.39, 0.29) is 5.78 Å². The molecule has 0 aromatic heterocycles. The molecule has 92 valence electrons. The molecule has 4 nitrogen and oxygen atoms in total. The minimum Gasteiger partial charge on any atom is -0.398 e. The molecule has 2 N–H and O–H groups in total. The lowest BCUT2D eigenvalue weighted by Crippen LogP contribution is -2.46. The average molecular weight is 233 g/mol. The summed E-state index contributed by atoms with van der Waals surface area (Å²) in [6, 6.07) is 7.28. The van der Waals surface area contributed by atoms with Gasteiger partial charge in [-0.25, -0.2) is 0 Å². The Labute approximate surface area is 102 Å². The van der Waals surface area contributed by atoms with E-state index in [4.69, 9.17) is 5.73 Å². The number of nitrogens with zero attached hydrogens (tertiary/aromatic N) is 2. The smallest absolute Gasteiger partial charge is 0.178 e. The largest absolute Gasteiger partial charge is 0.398 e. The number of hydrogen-bond donors (Lipinski definition) is 1. The third-order valence-corrected chi connectivity index (χ3v) is 3.22. The quantitative estimate of drug-likeness (QED) is 0.617. The average Bonchev–Trinajstić information content (AvgIpc) is 2.32. The second-order valence-electron chi connectivity index (χ2n) is 4.59. The van der Waals surface area contributed by atoms with Crippen LogP contribution >= 0.6 is 0 Å². The summed E-state index contributed by atoms with van der Waals surface area (Å²) >= 11 is 0. The summed E-state index contributed by atoms with van der Waals surface area (Å²) in [5.74, 6) is 0.118. The van der Waals surface area contributed by atoms with Gasteiger partial charge >= 0.3 is 0 Å². The van der Waals surface area contributed by atoms with Gasteiger partial charge in [-0.2, -0.15) is 0 Å². The Morgan fingerprint density at radius 2 is 1.88 bits per heavy atom. The number of likely N-dealkylation sites (N-methyl/N-ethyl adjacent to an activating group) is 1. The van der Waals surface area contributed by atoms with Gasteiger partial charge in [0.05, 0.1) is 6.54 Å². The topological polar surface area (TPSA) is 49.6 Å². The number of piperazine rings is 1. The van der Waals surface area contributed by atoms with Crippen LogP contribution in [0.1, 0.15) is 10.4 Å². The molecule has 1 fully saturated rings. The maximum atomic E-state index is 12.1. The highest BCUT2D eigenvalue weighted by Gasteiger charge is 2.18. The summed E-state index contributed by atoms with van der Waals surface area (Å²) in [6.07, 6.45) is 0. The van der Waals surface area contributed by atoms with Gasteiger partial charge in [-0.15, -0.1) is 0 Å². The van der Waals surface area contributed by atoms with Crippen molar-refractivity contribution in [3.63, 3.8) is 0 Å². The van der Waals surface area contributed by atoms with Crippen LogP contribution in [0, 0.1) is 0 Å². The summed E-state index contributed by atoms with van der Waals surface area (Å²) in [7, 11) is 2.11. The number of benzene rings is 1. The van der Waals surface area contributed by atoms with Gasteiger partial charge in [-0.1, -0.05) is 12.1 Å². The fraction of sp³-hybridized carbons (Fsp3) is 0.462. The van der Waals surface area contributed by atoms with Crippen molar-refractivity contribution in [2.24, 2.45) is 0 Å². The first kappa shape index (κ1) is 12.1. The van der Waals surface area contributed by atoms with Gasteiger partial charge < -0.3 is 10.6 Å². The number of rotatable bonds is 3. The fourth-order valence-corrected chi connectivity index (χ4v) is 2.05. The zero-order valence-electron chi connectivity index (χ0n) is 10.2. The highest BCUT2D eigenvalue weighted by molar-refractivity contribution is 6.02. The van der Waals surface area contributed by atoms with Gasteiger partial charge in [-0.05, 0) is 19.2 Å². The molecule has 0 radical (unpaired) electrons. The van der Waals surface area contributed by atoms with Crippen molar-refractivity contribution in [3.8, 4) is 0 Å². The zero-order chi connectivity index (χ0) is 12.3. The van der Waals surface area contributed by atoms with Crippen molar-refractivity contribution in [2.45, 2.75) is 0 Å². The standard InChI is InChI=1S/C13H19N3O/c1-15-6-8-16(9-7-15)10-13(17)11-4-2-3-5-12(11)14/h2-5H,6-10,14H2,1H3. The number of nitrogen functional groups attached to an aromatic ring is 1. The molecule has 0 bridgehead atoms. The number of carbonyl (C=O) groups is 1. The number of Topliss-reactive ketones (excluding diaryl/α,β-unsaturated/α-hetero) is 1. The number of nitrogens with two attached hydrogens (primary N) is 1. The molecule has 0 atom stereocenters. The van der Waals surface area contributed by atoms with E-state index >= 15 is 0 Å². The normalized spacial score (nSPS) is 18.2. The summed E-state index contributed by atoms with van der Waals surface area (Å²) in [6.45, 7) is 4.43. The van der Waals surface area contributed by atoms with Gasteiger partial charge in [0.1, 0.15) is 0 Å². The molecule has 1 saturated heterocycles. The van der Waals surface area contributed by atoms with Gasteiger partial charge in [0, 0.05) is 37.4 Å². The van der Waals surface area contributed by atoms with Gasteiger partial charge in [0.2, 0.25) is 0 Å². The molecule has 0 aliphatic carbocycles. The zero-order valence-corrected chi connectivity index (χ0v) is 10.2. The molecule has 1 heterocycles. The first-order valence-corrected chi connectivity index (χ1v) is 5.95. The van der Waals surface area contributed by atoms with Crippen LogP contribution in [0.3, 0.4) is 0 Å². The van der Waals surface area contributed by atoms with Crippen LogP contribution in [0.15, 0.2) is 24.3 Å². The van der Waals surface area contributed by atoms with Gasteiger partial charge in [-0.3, -0.25) is 9.69 Å². The molecular weight excluding hydrogens is 214 g/mol. The third-order valence-electron chi connectivity index (χ3n) is 3.22. The lowest BCUT2D eigenvalue weighted by molar-refractivity contribution is 0.0877. The monoisotopic (exact) mass is 233 g/mol. The van der Waals surface area contributed by atoms with Crippen LogP contribution < -0.4 is 5.73 Å². The van der Waals surface area contributed by atoms with E-state index in [1.165, 1.54) is 0 Å². The van der Waals surface area contributed by atoms with Crippen molar-refractivity contribution in [2.75, 3.05) is 45.5 Å². The molecule has 1 aromatic rings. The Hall–Kier alpha value is -1.39. The highest BCUT2D eigenvalue weighted by atomic mass is 16.1. The van der Waals surface area contributed by atoms with Crippen LogP contribution in [0.25, 0.3) is 0 Å². The van der Waals surface area contributed by atoms with Crippen molar-refractivity contribution >= 4 is 11.5 Å². The van der Waals surface area contributed by atoms with E-state index in [9.17, 15) is 4.79 Å². The Kier molecular flexibility index (Phi) is 3.76. The molecule has 0 amide bonds. The van der Waals surface area contributed by atoms with Crippen LogP contribution in [-0.2, 0) is 0 Å². The number of ketones is 1. The molecule has 2 rings (SSSR count). The minimum atomic E-state index is 0.118. The molecular formula is C13H19N3O. The summed E-state index contributed by atoms with van der Waals surface area (Å²) in [4.78, 5) is 16.5. The molecule has 1 aromatic carbocycles. The van der Waals surface area contributed by atoms with Crippen LogP contribution in [0.5, 0.6) is 0 Å². The van der Waals surface area contributed by atoms with E-state index in [1.54, 1.807) is 12.1 Å². The molecule has 17 heavy (non-hydrogen) atoms. The third kappa shape index (κ3) is 3.05. The first-order valence-electron chi connectivity index (χ1n) is 5.95. The molecule has 4 heteroatoms. The number of carbonyl (C=O) groups excluding carboxylic acids is 1. The van der Waals surface area contributed by atoms with E-state index in [0.29, 0.717) is 17.8 Å². The van der Waals surface area contributed by atoms with Gasteiger partial charge in [0.25, 0.3) is 0 Å². The summed E-state index contributed by atoms with van der Waals surface area (Å²) in [5.41, 5.74) is 7.02. The molecule has 1 aliphatic heterocycles. The number of para-hydroxylation sites is 1. The Bertz CT molecular complexity index is 397. The first-order chi connectivity index (χ1) is 8.16. The molecule has 0 saturated carbocycles. The van der Waals surface area contributed by atoms with Crippen molar-refractivity contribution in [3.05, 3.63) is 29.8 Å². The van der Waals surface area contributed by atoms with Crippen LogP contribution in [-0.4, -0.2) is 55.4 Å². The number of anilines is 1. The SMILES string of the molecule is CN1CCN(CC(=O)c2ccccc2N)CC1. The highest BCUT2D eigenvalue weighted by Crippen LogP contribution is 2.12. The van der Waals surface area contributed by atoms with E-state index in [2.05, 4.69) is 16.8 Å². The maximum absolute atomic E-state index is 12.1. The van der Waals surface area contributed by atoms with Crippen molar-refractivity contribution in [1.29, 1.82) is 0 Å². The Morgan fingerprint density at radius 1 is 1.24 bits per heavy atom. The predicted molar refractivity (Wildman–Crippen MR) is 69.1 cm³/mol. The van der Waals surface area contributed by atoms with E-state index in [0.717, 1.165) is 26.2 Å². The van der Waals surface area contributed by atoms with Crippen LogP contribution in [0.4, 0.5) is 5.69 Å². The lowest BCUT2D eigenvalue weighted by atomic mass is 10.1. The Morgan fingerprint density at radius 3 is 2.53 bits per heavy atom. The molecule has 0 spiro atoms. The van der Waals surface area contributed by atoms with Crippen molar-refractivity contribution in [1.82, 2.24) is 9.80 Å². The van der Waals surface area contributed by atoms with Crippen LogP contribution in [0.2, 0.25) is 0 Å². The summed E-state index contributed by atoms with van der Waals surface area (Å²) in [5, 5.41) is 0. The predicted octanol–water partition coefficient (Wildman–Crippen LogP) is 0.699. The maximum Gasteiger partial charge on any atom is 0.178 e. The Balaban J connectivity index is 1.96. The van der Waals surface area contributed by atoms with E-state index < -0.39 is 0 Å².